The van der Waals surface area contributed by atoms with Gasteiger partial charge in [0.2, 0.25) is 10.0 Å². The minimum Gasteiger partial charge on any atom is -0.477 e. The van der Waals surface area contributed by atoms with Gasteiger partial charge in [0.05, 0.1) is 0 Å². The number of carboxylic acids is 1. The molecule has 1 saturated carbocycles. The van der Waals surface area contributed by atoms with E-state index in [0.29, 0.717) is 6.07 Å². The lowest BCUT2D eigenvalue weighted by Gasteiger charge is -2.25. The molecule has 1 aromatic carbocycles. The first-order valence-corrected chi connectivity index (χ1v) is 7.52. The van der Waals surface area contributed by atoms with Crippen molar-refractivity contribution in [2.24, 2.45) is 5.92 Å². The third kappa shape index (κ3) is 2.80. The molecule has 0 amide bonds. The first kappa shape index (κ1) is 14.9. The molecule has 5 nitrogen and oxygen atoms in total. The van der Waals surface area contributed by atoms with Gasteiger partial charge in [0.15, 0.2) is 5.82 Å². The predicted molar refractivity (Wildman–Crippen MR) is 65.8 cm³/mol. The van der Waals surface area contributed by atoms with Crippen LogP contribution < -0.4 is 4.72 Å². The summed E-state index contributed by atoms with van der Waals surface area (Å²) in [6.45, 7) is 0.168. The van der Waals surface area contributed by atoms with E-state index in [1.807, 2.05) is 0 Å². The second-order valence-electron chi connectivity index (χ2n) is 4.69. The second kappa shape index (κ2) is 5.45. The zero-order valence-electron chi connectivity index (χ0n) is 10.4. The molecular formula is C12H13F2NO4S. The average Bonchev–Trinajstić information content (AvgIpc) is 2.25. The minimum absolute atomic E-state index is 0.168. The molecule has 0 unspecified atom stereocenters. The molecule has 1 aliphatic carbocycles. The van der Waals surface area contributed by atoms with Crippen LogP contribution in [0.4, 0.5) is 8.78 Å². The number of carboxylic acid groups (broad SMARTS) is 1. The highest BCUT2D eigenvalue weighted by molar-refractivity contribution is 7.89. The van der Waals surface area contributed by atoms with Crippen LogP contribution in [-0.2, 0) is 10.0 Å². The maximum atomic E-state index is 13.9. The Balaban J connectivity index is 2.31. The summed E-state index contributed by atoms with van der Waals surface area (Å²) in [7, 11) is -4.19. The summed E-state index contributed by atoms with van der Waals surface area (Å²) >= 11 is 0. The van der Waals surface area contributed by atoms with Gasteiger partial charge in [-0.25, -0.2) is 26.7 Å². The fourth-order valence-corrected chi connectivity index (χ4v) is 3.14. The molecule has 1 fully saturated rings. The monoisotopic (exact) mass is 305 g/mol. The molecule has 0 bridgehead atoms. The molecule has 110 valence electrons. The highest BCUT2D eigenvalue weighted by Gasteiger charge is 2.28. The van der Waals surface area contributed by atoms with Gasteiger partial charge in [0, 0.05) is 6.54 Å². The van der Waals surface area contributed by atoms with E-state index in [1.165, 1.54) is 0 Å². The van der Waals surface area contributed by atoms with Crippen LogP contribution in [0.25, 0.3) is 0 Å². The maximum Gasteiger partial charge on any atom is 0.341 e. The van der Waals surface area contributed by atoms with Gasteiger partial charge in [-0.1, -0.05) is 6.42 Å². The highest BCUT2D eigenvalue weighted by atomic mass is 32.2. The van der Waals surface area contributed by atoms with Crippen molar-refractivity contribution in [2.45, 2.75) is 24.2 Å². The zero-order chi connectivity index (χ0) is 14.9. The van der Waals surface area contributed by atoms with Crippen LogP contribution >= 0.6 is 0 Å². The largest absolute Gasteiger partial charge is 0.477 e. The highest BCUT2D eigenvalue weighted by Crippen LogP contribution is 2.26. The second-order valence-corrected chi connectivity index (χ2v) is 6.42. The standard InChI is InChI=1S/C12H13F2NO4S/c13-8-4-5-9(11(14)10(8)12(16)17)20(18,19)15-6-7-2-1-3-7/h4-5,7,15H,1-3,6H2,(H,16,17). The lowest BCUT2D eigenvalue weighted by Crippen LogP contribution is -2.33. The molecule has 2 N–H and O–H groups in total. The number of sulfonamides is 1. The Kier molecular flexibility index (Phi) is 4.05. The van der Waals surface area contributed by atoms with E-state index in [4.69, 9.17) is 5.11 Å². The minimum atomic E-state index is -4.19. The number of rotatable bonds is 5. The molecule has 0 saturated heterocycles. The van der Waals surface area contributed by atoms with Crippen LogP contribution in [0.5, 0.6) is 0 Å². The fraction of sp³-hybridized carbons (Fsp3) is 0.417. The van der Waals surface area contributed by atoms with Crippen LogP contribution in [0.1, 0.15) is 29.6 Å². The van der Waals surface area contributed by atoms with Crippen LogP contribution in [0.15, 0.2) is 17.0 Å². The first-order chi connectivity index (χ1) is 9.33. The fourth-order valence-electron chi connectivity index (χ4n) is 1.94. The van der Waals surface area contributed by atoms with Crippen molar-refractivity contribution in [1.82, 2.24) is 4.72 Å². The van der Waals surface area contributed by atoms with Crippen molar-refractivity contribution in [3.63, 3.8) is 0 Å². The number of halogens is 2. The predicted octanol–water partition coefficient (Wildman–Crippen LogP) is 1.74. The summed E-state index contributed by atoms with van der Waals surface area (Å²) in [6.07, 6.45) is 2.82. The van der Waals surface area contributed by atoms with E-state index in [-0.39, 0.29) is 12.5 Å². The Hall–Kier alpha value is -1.54. The van der Waals surface area contributed by atoms with Crippen molar-refractivity contribution >= 4 is 16.0 Å². The normalized spacial score (nSPS) is 15.9. The van der Waals surface area contributed by atoms with Crippen molar-refractivity contribution in [3.05, 3.63) is 29.3 Å². The first-order valence-electron chi connectivity index (χ1n) is 6.04. The van der Waals surface area contributed by atoms with Crippen LogP contribution in [0.3, 0.4) is 0 Å². The number of hydrogen-bond donors (Lipinski definition) is 2. The summed E-state index contributed by atoms with van der Waals surface area (Å²) in [4.78, 5) is 9.90. The molecule has 0 aromatic heterocycles. The Morgan fingerprint density at radius 2 is 2.00 bits per heavy atom. The topological polar surface area (TPSA) is 83.5 Å². The zero-order valence-corrected chi connectivity index (χ0v) is 11.2. The maximum absolute atomic E-state index is 13.9. The van der Waals surface area contributed by atoms with Gasteiger partial charge in [-0.3, -0.25) is 0 Å². The molecule has 0 spiro atoms. The summed E-state index contributed by atoms with van der Waals surface area (Å²) in [5, 5.41) is 8.71. The van der Waals surface area contributed by atoms with Crippen molar-refractivity contribution in [1.29, 1.82) is 0 Å². The average molecular weight is 305 g/mol. The Bertz CT molecular complexity index is 641. The number of nitrogens with one attached hydrogen (secondary N) is 1. The van der Waals surface area contributed by atoms with Gasteiger partial charge in [0.1, 0.15) is 16.3 Å². The van der Waals surface area contributed by atoms with Crippen molar-refractivity contribution < 1.29 is 27.1 Å². The van der Waals surface area contributed by atoms with Gasteiger partial charge in [-0.2, -0.15) is 0 Å². The van der Waals surface area contributed by atoms with Crippen LogP contribution in [-0.4, -0.2) is 26.0 Å². The quantitative estimate of drug-likeness (QED) is 0.868. The number of benzene rings is 1. The summed E-state index contributed by atoms with van der Waals surface area (Å²) in [6, 6.07) is 1.35. The molecular weight excluding hydrogens is 292 g/mol. The van der Waals surface area contributed by atoms with E-state index in [9.17, 15) is 22.0 Å². The van der Waals surface area contributed by atoms with Gasteiger partial charge in [0.25, 0.3) is 0 Å². The molecule has 20 heavy (non-hydrogen) atoms. The molecule has 1 aliphatic rings. The van der Waals surface area contributed by atoms with E-state index in [1.54, 1.807) is 0 Å². The van der Waals surface area contributed by atoms with Gasteiger partial charge in [-0.05, 0) is 30.9 Å². The smallest absolute Gasteiger partial charge is 0.341 e. The number of carbonyl (C=O) groups is 1. The summed E-state index contributed by atoms with van der Waals surface area (Å²) in [5.74, 6) is -4.53. The molecule has 0 heterocycles. The molecule has 1 aromatic rings. The SMILES string of the molecule is O=C(O)c1c(F)ccc(S(=O)(=O)NCC2CCC2)c1F. The van der Waals surface area contributed by atoms with Crippen LogP contribution in [0.2, 0.25) is 0 Å². The molecule has 0 radical (unpaired) electrons. The summed E-state index contributed by atoms with van der Waals surface area (Å²) < 4.78 is 53.1. The Morgan fingerprint density at radius 3 is 2.50 bits per heavy atom. The van der Waals surface area contributed by atoms with Crippen molar-refractivity contribution in [3.8, 4) is 0 Å². The van der Waals surface area contributed by atoms with Crippen molar-refractivity contribution in [2.75, 3.05) is 6.54 Å². The number of aromatic carboxylic acids is 1. The van der Waals surface area contributed by atoms with E-state index < -0.39 is 38.1 Å². The van der Waals surface area contributed by atoms with Crippen LogP contribution in [0, 0.1) is 17.6 Å². The lowest BCUT2D eigenvalue weighted by atomic mass is 9.86. The molecule has 0 atom stereocenters. The summed E-state index contributed by atoms with van der Waals surface area (Å²) in [5.41, 5.74) is -1.27. The van der Waals surface area contributed by atoms with E-state index in [2.05, 4.69) is 4.72 Å². The van der Waals surface area contributed by atoms with E-state index >= 15 is 0 Å². The lowest BCUT2D eigenvalue weighted by molar-refractivity contribution is 0.0685. The van der Waals surface area contributed by atoms with Gasteiger partial charge >= 0.3 is 5.97 Å². The third-order valence-corrected chi connectivity index (χ3v) is 4.79. The molecule has 8 heteroatoms. The Morgan fingerprint density at radius 1 is 1.35 bits per heavy atom. The number of hydrogen-bond acceptors (Lipinski definition) is 3. The van der Waals surface area contributed by atoms with Gasteiger partial charge in [-0.15, -0.1) is 0 Å². The van der Waals surface area contributed by atoms with E-state index in [0.717, 1.165) is 25.3 Å². The Labute approximate surface area is 114 Å². The third-order valence-electron chi connectivity index (χ3n) is 3.35. The molecule has 0 aliphatic heterocycles. The van der Waals surface area contributed by atoms with Gasteiger partial charge < -0.3 is 5.11 Å². The molecule has 2 rings (SSSR count).